The molecule has 0 aromatic heterocycles. The standard InChI is InChI=1S/C7H8N2.C7H5NO3S/c8-7(9)6-4-2-1-3-5-6;9-7-5-3-1-2-4-6(5)12(10,11)8-7/h1-5H,(H3,8,9);1-4H,(H,8,9). The number of hydrogen-bond acceptors (Lipinski definition) is 3. The van der Waals surface area contributed by atoms with Crippen LogP contribution in [-0.4, -0.2) is 20.2 Å². The van der Waals surface area contributed by atoms with E-state index in [1.165, 1.54) is 12.1 Å². The van der Waals surface area contributed by atoms with Gasteiger partial charge in [-0.15, -0.1) is 0 Å². The van der Waals surface area contributed by atoms with E-state index in [4.69, 9.17) is 11.1 Å². The number of rotatable bonds is 1. The van der Waals surface area contributed by atoms with Gasteiger partial charge in [-0.1, -0.05) is 36.4 Å². The van der Waals surface area contributed by atoms with E-state index in [1.807, 2.05) is 30.3 Å². The Bertz CT molecular complexity index is 799. The van der Waals surface area contributed by atoms with Crippen molar-refractivity contribution in [1.82, 2.24) is 0 Å². The Morgan fingerprint density at radius 2 is 1.62 bits per heavy atom. The zero-order chi connectivity index (χ0) is 15.5. The Morgan fingerprint density at radius 1 is 1.05 bits per heavy atom. The minimum absolute atomic E-state index is 0.00926. The van der Waals surface area contributed by atoms with E-state index in [-0.39, 0.29) is 10.5 Å². The molecule has 0 unspecified atom stereocenters. The molecule has 0 fully saturated rings. The predicted octanol–water partition coefficient (Wildman–Crippen LogP) is -1.35. The van der Waals surface area contributed by atoms with E-state index < -0.39 is 15.9 Å². The molecule has 0 atom stereocenters. The van der Waals surface area contributed by atoms with Crippen LogP contribution in [-0.2, 0) is 10.0 Å². The molecular formula is C14H13N3O3S. The van der Waals surface area contributed by atoms with Crippen LogP contribution in [0.3, 0.4) is 0 Å². The molecule has 21 heavy (non-hydrogen) atoms. The molecule has 0 bridgehead atoms. The molecule has 0 aliphatic carbocycles. The van der Waals surface area contributed by atoms with Crippen molar-refractivity contribution in [2.75, 3.05) is 0 Å². The van der Waals surface area contributed by atoms with Gasteiger partial charge >= 0.3 is 0 Å². The third-order valence-corrected chi connectivity index (χ3v) is 4.02. The van der Waals surface area contributed by atoms with Crippen molar-refractivity contribution in [1.29, 1.82) is 0 Å². The first kappa shape index (κ1) is 14.7. The molecule has 3 rings (SSSR count). The SMILES string of the molecule is NC(=[NH2+])c1ccccc1.O=S1(=O)N=C([O-])c2ccccc21. The van der Waals surface area contributed by atoms with Gasteiger partial charge in [0.05, 0.1) is 10.5 Å². The summed E-state index contributed by atoms with van der Waals surface area (Å²) < 4.78 is 25.2. The van der Waals surface area contributed by atoms with Crippen LogP contribution < -0.4 is 16.2 Å². The second kappa shape index (κ2) is 5.76. The van der Waals surface area contributed by atoms with E-state index in [9.17, 15) is 13.5 Å². The number of nitrogens with two attached hydrogens (primary N) is 2. The predicted molar refractivity (Wildman–Crippen MR) is 76.8 cm³/mol. The van der Waals surface area contributed by atoms with Crippen LogP contribution in [0.1, 0.15) is 11.1 Å². The van der Waals surface area contributed by atoms with Gasteiger partial charge in [0.1, 0.15) is 0 Å². The summed E-state index contributed by atoms with van der Waals surface area (Å²) in [4.78, 5) is 0.00926. The lowest BCUT2D eigenvalue weighted by Crippen LogP contribution is -2.46. The average molecular weight is 303 g/mol. The van der Waals surface area contributed by atoms with Crippen molar-refractivity contribution in [3.8, 4) is 0 Å². The molecule has 7 heteroatoms. The first-order valence-electron chi connectivity index (χ1n) is 5.96. The van der Waals surface area contributed by atoms with Gasteiger partial charge in [-0.2, -0.15) is 12.8 Å². The van der Waals surface area contributed by atoms with Gasteiger partial charge in [0.2, 0.25) is 0 Å². The van der Waals surface area contributed by atoms with Crippen LogP contribution in [0.2, 0.25) is 0 Å². The molecule has 0 saturated carbocycles. The lowest BCUT2D eigenvalue weighted by Gasteiger charge is -2.01. The van der Waals surface area contributed by atoms with Gasteiger partial charge in [-0.25, -0.2) is 0 Å². The van der Waals surface area contributed by atoms with Crippen LogP contribution in [0.5, 0.6) is 0 Å². The van der Waals surface area contributed by atoms with Gasteiger partial charge in [-0.05, 0) is 18.2 Å². The number of benzene rings is 2. The molecule has 1 aliphatic heterocycles. The molecule has 2 aromatic rings. The lowest BCUT2D eigenvalue weighted by atomic mass is 10.2. The first-order chi connectivity index (χ1) is 9.92. The monoisotopic (exact) mass is 303 g/mol. The second-order valence-electron chi connectivity index (χ2n) is 4.19. The number of hydrogen-bond donors (Lipinski definition) is 2. The normalized spacial score (nSPS) is 14.4. The summed E-state index contributed by atoms with van der Waals surface area (Å²) in [5.74, 6) is -0.304. The Labute approximate surface area is 122 Å². The van der Waals surface area contributed by atoms with Crippen molar-refractivity contribution in [2.24, 2.45) is 10.1 Å². The topological polar surface area (TPSA) is 121 Å². The van der Waals surface area contributed by atoms with Crippen LogP contribution >= 0.6 is 0 Å². The smallest absolute Gasteiger partial charge is 0.282 e. The second-order valence-corrected chi connectivity index (χ2v) is 5.76. The summed E-state index contributed by atoms with van der Waals surface area (Å²) in [5, 5.41) is 16.2. The zero-order valence-electron chi connectivity index (χ0n) is 10.9. The Hall–Kier alpha value is -2.67. The maximum Gasteiger partial charge on any atom is 0.282 e. The van der Waals surface area contributed by atoms with Crippen LogP contribution in [0.25, 0.3) is 0 Å². The number of fused-ring (bicyclic) bond motifs is 1. The summed E-state index contributed by atoms with van der Waals surface area (Å²) in [6.07, 6.45) is 0. The van der Waals surface area contributed by atoms with Crippen molar-refractivity contribution < 1.29 is 18.9 Å². The summed E-state index contributed by atoms with van der Waals surface area (Å²) >= 11 is 0. The number of amidine groups is 1. The fourth-order valence-electron chi connectivity index (χ4n) is 1.71. The summed E-state index contributed by atoms with van der Waals surface area (Å²) in [6, 6.07) is 15.4. The molecule has 4 N–H and O–H groups in total. The highest BCUT2D eigenvalue weighted by Crippen LogP contribution is 2.23. The average Bonchev–Trinajstić information content (AvgIpc) is 2.71. The Balaban J connectivity index is 0.000000161. The van der Waals surface area contributed by atoms with E-state index in [0.29, 0.717) is 5.84 Å². The van der Waals surface area contributed by atoms with Gasteiger partial charge < -0.3 is 5.11 Å². The van der Waals surface area contributed by atoms with Crippen molar-refractivity contribution in [2.45, 2.75) is 4.90 Å². The molecule has 0 amide bonds. The summed E-state index contributed by atoms with van der Waals surface area (Å²) in [5.41, 5.74) is 6.36. The number of sulfonamides is 1. The van der Waals surface area contributed by atoms with Crippen LogP contribution in [0.4, 0.5) is 0 Å². The van der Waals surface area contributed by atoms with Crippen LogP contribution in [0.15, 0.2) is 63.9 Å². The van der Waals surface area contributed by atoms with Crippen molar-refractivity contribution in [3.63, 3.8) is 0 Å². The maximum atomic E-state index is 11.1. The molecule has 108 valence electrons. The van der Waals surface area contributed by atoms with Crippen molar-refractivity contribution in [3.05, 3.63) is 65.7 Å². The highest BCUT2D eigenvalue weighted by molar-refractivity contribution is 7.90. The van der Waals surface area contributed by atoms with Gasteiger partial charge in [0.15, 0.2) is 0 Å². The minimum Gasteiger partial charge on any atom is -0.858 e. The van der Waals surface area contributed by atoms with Gasteiger partial charge in [0.25, 0.3) is 15.9 Å². The van der Waals surface area contributed by atoms with Gasteiger partial charge in [-0.3, -0.25) is 11.1 Å². The third kappa shape index (κ3) is 3.26. The molecule has 0 radical (unpaired) electrons. The Morgan fingerprint density at radius 3 is 2.14 bits per heavy atom. The molecule has 1 aliphatic rings. The van der Waals surface area contributed by atoms with Crippen LogP contribution in [0, 0.1) is 0 Å². The maximum absolute atomic E-state index is 11.1. The van der Waals surface area contributed by atoms with Crippen molar-refractivity contribution >= 4 is 21.8 Å². The molecule has 1 heterocycles. The molecule has 0 spiro atoms. The molecular weight excluding hydrogens is 290 g/mol. The molecule has 0 saturated heterocycles. The largest absolute Gasteiger partial charge is 0.858 e. The fraction of sp³-hybridized carbons (Fsp3) is 0. The highest BCUT2D eigenvalue weighted by Gasteiger charge is 2.22. The zero-order valence-corrected chi connectivity index (χ0v) is 11.7. The third-order valence-electron chi connectivity index (χ3n) is 2.71. The van der Waals surface area contributed by atoms with Gasteiger partial charge in [0, 0.05) is 11.5 Å². The minimum atomic E-state index is -3.68. The lowest BCUT2D eigenvalue weighted by molar-refractivity contribution is -0.212. The van der Waals surface area contributed by atoms with E-state index >= 15 is 0 Å². The fourth-order valence-corrected chi connectivity index (χ4v) is 2.81. The summed E-state index contributed by atoms with van der Waals surface area (Å²) in [6.45, 7) is 0. The van der Waals surface area contributed by atoms with E-state index in [0.717, 1.165) is 5.56 Å². The molecule has 2 aromatic carbocycles. The first-order valence-corrected chi connectivity index (χ1v) is 7.40. The highest BCUT2D eigenvalue weighted by atomic mass is 32.2. The quantitative estimate of drug-likeness (QED) is 0.499. The van der Waals surface area contributed by atoms with E-state index in [1.54, 1.807) is 12.1 Å². The number of nitrogens with zero attached hydrogens (tertiary/aromatic N) is 1. The van der Waals surface area contributed by atoms with E-state index in [2.05, 4.69) is 4.40 Å². The summed E-state index contributed by atoms with van der Waals surface area (Å²) in [7, 11) is -3.68. The molecule has 6 nitrogen and oxygen atoms in total. The Kier molecular flexibility index (Phi) is 4.04.